The lowest BCUT2D eigenvalue weighted by Gasteiger charge is -2.17. The predicted molar refractivity (Wildman–Crippen MR) is 73.1 cm³/mol. The molecule has 0 spiro atoms. The molecule has 94 valence electrons. The molecule has 0 atom stereocenters. The number of carbonyl (C=O) groups is 1. The van der Waals surface area contributed by atoms with Gasteiger partial charge in [-0.2, -0.15) is 0 Å². The summed E-state index contributed by atoms with van der Waals surface area (Å²) < 4.78 is 11.8. The van der Waals surface area contributed by atoms with E-state index in [4.69, 9.17) is 14.6 Å². The fourth-order valence-electron chi connectivity index (χ4n) is 1.35. The largest absolute Gasteiger partial charge is 0.490 e. The zero-order chi connectivity index (χ0) is 13.0. The third-order valence-corrected chi connectivity index (χ3v) is 2.53. The van der Waals surface area contributed by atoms with Crippen LogP contribution in [0.4, 0.5) is 0 Å². The molecule has 1 N–H and O–H groups in total. The Morgan fingerprint density at radius 1 is 1.47 bits per heavy atom. The SMILES string of the molecule is CCOc1cc(I)cc(C(=O)O)c1OC(C)C. The number of ether oxygens (including phenoxy) is 2. The van der Waals surface area contributed by atoms with Crippen LogP contribution in [-0.4, -0.2) is 23.8 Å². The summed E-state index contributed by atoms with van der Waals surface area (Å²) >= 11 is 2.06. The third-order valence-electron chi connectivity index (χ3n) is 1.90. The van der Waals surface area contributed by atoms with Gasteiger partial charge in [0.05, 0.1) is 12.7 Å². The predicted octanol–water partition coefficient (Wildman–Crippen LogP) is 3.18. The Morgan fingerprint density at radius 2 is 2.12 bits per heavy atom. The van der Waals surface area contributed by atoms with Crippen LogP contribution in [0.25, 0.3) is 0 Å². The minimum atomic E-state index is -1.01. The number of carboxylic acid groups (broad SMARTS) is 1. The van der Waals surface area contributed by atoms with E-state index >= 15 is 0 Å². The smallest absolute Gasteiger partial charge is 0.339 e. The summed E-state index contributed by atoms with van der Waals surface area (Å²) in [5.41, 5.74) is 0.133. The molecular formula is C12H15IO4. The summed E-state index contributed by atoms with van der Waals surface area (Å²) in [5.74, 6) is -0.236. The zero-order valence-corrected chi connectivity index (χ0v) is 12.1. The van der Waals surface area contributed by atoms with Crippen molar-refractivity contribution in [3.05, 3.63) is 21.3 Å². The van der Waals surface area contributed by atoms with Gasteiger partial charge in [0.15, 0.2) is 11.5 Å². The van der Waals surface area contributed by atoms with Gasteiger partial charge in [0, 0.05) is 3.57 Å². The Labute approximate surface area is 114 Å². The van der Waals surface area contributed by atoms with Gasteiger partial charge in [0.1, 0.15) is 5.56 Å². The number of benzene rings is 1. The molecule has 5 heteroatoms. The van der Waals surface area contributed by atoms with E-state index in [1.807, 2.05) is 20.8 Å². The molecule has 0 saturated carbocycles. The summed E-state index contributed by atoms with van der Waals surface area (Å²) in [4.78, 5) is 11.2. The van der Waals surface area contributed by atoms with Gasteiger partial charge in [0.25, 0.3) is 0 Å². The van der Waals surface area contributed by atoms with Gasteiger partial charge >= 0.3 is 5.97 Å². The van der Waals surface area contributed by atoms with Crippen LogP contribution in [0.3, 0.4) is 0 Å². The monoisotopic (exact) mass is 350 g/mol. The molecule has 0 radical (unpaired) electrons. The Hall–Kier alpha value is -0.980. The van der Waals surface area contributed by atoms with Crippen LogP contribution in [-0.2, 0) is 0 Å². The van der Waals surface area contributed by atoms with E-state index in [2.05, 4.69) is 22.6 Å². The molecule has 0 bridgehead atoms. The van der Waals surface area contributed by atoms with Crippen molar-refractivity contribution >= 4 is 28.6 Å². The Bertz CT molecular complexity index is 415. The maximum Gasteiger partial charge on any atom is 0.339 e. The first-order valence-corrected chi connectivity index (χ1v) is 6.39. The van der Waals surface area contributed by atoms with Crippen LogP contribution in [0.15, 0.2) is 12.1 Å². The van der Waals surface area contributed by atoms with Gasteiger partial charge in [-0.25, -0.2) is 4.79 Å². The first-order valence-electron chi connectivity index (χ1n) is 5.32. The van der Waals surface area contributed by atoms with Gasteiger partial charge in [-0.05, 0) is 55.5 Å². The van der Waals surface area contributed by atoms with Crippen molar-refractivity contribution in [2.75, 3.05) is 6.61 Å². The lowest BCUT2D eigenvalue weighted by Crippen LogP contribution is -2.12. The number of halogens is 1. The number of hydrogen-bond acceptors (Lipinski definition) is 3. The minimum Gasteiger partial charge on any atom is -0.490 e. The highest BCUT2D eigenvalue weighted by molar-refractivity contribution is 14.1. The molecule has 0 aliphatic rings. The maximum atomic E-state index is 11.2. The third kappa shape index (κ3) is 3.76. The van der Waals surface area contributed by atoms with Crippen molar-refractivity contribution in [3.63, 3.8) is 0 Å². The molecule has 0 heterocycles. The highest BCUT2D eigenvalue weighted by Crippen LogP contribution is 2.34. The van der Waals surface area contributed by atoms with E-state index in [9.17, 15) is 4.79 Å². The van der Waals surface area contributed by atoms with Gasteiger partial charge < -0.3 is 14.6 Å². The van der Waals surface area contributed by atoms with Gasteiger partial charge in [-0.1, -0.05) is 0 Å². The highest BCUT2D eigenvalue weighted by atomic mass is 127. The Balaban J connectivity index is 3.30. The summed E-state index contributed by atoms with van der Waals surface area (Å²) in [6.07, 6.45) is -0.104. The summed E-state index contributed by atoms with van der Waals surface area (Å²) in [6, 6.07) is 3.34. The molecular weight excluding hydrogens is 335 g/mol. The fourth-order valence-corrected chi connectivity index (χ4v) is 1.94. The number of aromatic carboxylic acids is 1. The zero-order valence-electron chi connectivity index (χ0n) is 9.99. The van der Waals surface area contributed by atoms with Crippen molar-refractivity contribution < 1.29 is 19.4 Å². The lowest BCUT2D eigenvalue weighted by molar-refractivity contribution is 0.0689. The van der Waals surface area contributed by atoms with Crippen LogP contribution in [0.1, 0.15) is 31.1 Å². The van der Waals surface area contributed by atoms with E-state index < -0.39 is 5.97 Å². The highest BCUT2D eigenvalue weighted by Gasteiger charge is 2.19. The Morgan fingerprint density at radius 3 is 2.59 bits per heavy atom. The molecule has 0 fully saturated rings. The van der Waals surface area contributed by atoms with Crippen LogP contribution in [0.5, 0.6) is 11.5 Å². The molecule has 1 rings (SSSR count). The van der Waals surface area contributed by atoms with Crippen LogP contribution in [0, 0.1) is 3.57 Å². The number of rotatable bonds is 5. The number of carboxylic acids is 1. The van der Waals surface area contributed by atoms with E-state index in [-0.39, 0.29) is 11.7 Å². The van der Waals surface area contributed by atoms with Gasteiger partial charge in [-0.3, -0.25) is 0 Å². The van der Waals surface area contributed by atoms with Crippen molar-refractivity contribution in [2.45, 2.75) is 26.9 Å². The first-order chi connectivity index (χ1) is 7.95. The quantitative estimate of drug-likeness (QED) is 0.829. The summed E-state index contributed by atoms with van der Waals surface area (Å²) in [6.45, 7) is 6.01. The second-order valence-corrected chi connectivity index (χ2v) is 4.93. The van der Waals surface area contributed by atoms with Crippen molar-refractivity contribution in [1.82, 2.24) is 0 Å². The average Bonchev–Trinajstić information content (AvgIpc) is 2.21. The number of hydrogen-bond donors (Lipinski definition) is 1. The van der Waals surface area contributed by atoms with Crippen LogP contribution >= 0.6 is 22.6 Å². The molecule has 4 nitrogen and oxygen atoms in total. The molecule has 17 heavy (non-hydrogen) atoms. The maximum absolute atomic E-state index is 11.2. The van der Waals surface area contributed by atoms with E-state index in [0.29, 0.717) is 18.1 Å². The second kappa shape index (κ2) is 6.09. The normalized spacial score (nSPS) is 10.4. The molecule has 0 amide bonds. The Kier molecular flexibility index (Phi) is 5.04. The van der Waals surface area contributed by atoms with Gasteiger partial charge in [-0.15, -0.1) is 0 Å². The molecule has 0 saturated heterocycles. The van der Waals surface area contributed by atoms with Gasteiger partial charge in [0.2, 0.25) is 0 Å². The van der Waals surface area contributed by atoms with E-state index in [1.165, 1.54) is 0 Å². The van der Waals surface area contributed by atoms with Crippen LogP contribution < -0.4 is 9.47 Å². The molecule has 0 aromatic heterocycles. The molecule has 0 aliphatic heterocycles. The molecule has 0 unspecified atom stereocenters. The lowest BCUT2D eigenvalue weighted by atomic mass is 10.2. The van der Waals surface area contributed by atoms with E-state index in [1.54, 1.807) is 12.1 Å². The minimum absolute atomic E-state index is 0.104. The average molecular weight is 350 g/mol. The summed E-state index contributed by atoms with van der Waals surface area (Å²) in [7, 11) is 0. The van der Waals surface area contributed by atoms with Crippen molar-refractivity contribution in [3.8, 4) is 11.5 Å². The van der Waals surface area contributed by atoms with Crippen LogP contribution in [0.2, 0.25) is 0 Å². The summed E-state index contributed by atoms with van der Waals surface area (Å²) in [5, 5.41) is 9.16. The molecule has 0 aliphatic carbocycles. The fraction of sp³-hybridized carbons (Fsp3) is 0.417. The second-order valence-electron chi connectivity index (χ2n) is 3.69. The molecule has 1 aromatic rings. The topological polar surface area (TPSA) is 55.8 Å². The van der Waals surface area contributed by atoms with Crippen molar-refractivity contribution in [1.29, 1.82) is 0 Å². The first kappa shape index (κ1) is 14.1. The van der Waals surface area contributed by atoms with E-state index in [0.717, 1.165) is 3.57 Å². The van der Waals surface area contributed by atoms with Crippen molar-refractivity contribution in [2.24, 2.45) is 0 Å². The molecule has 1 aromatic carbocycles. The standard InChI is InChI=1S/C12H15IO4/c1-4-16-10-6-8(13)5-9(12(14)15)11(10)17-7(2)3/h5-7H,4H2,1-3H3,(H,14,15).